The summed E-state index contributed by atoms with van der Waals surface area (Å²) >= 11 is 0. The van der Waals surface area contributed by atoms with Crippen LogP contribution < -0.4 is 5.73 Å². The summed E-state index contributed by atoms with van der Waals surface area (Å²) in [5.41, 5.74) is 9.63. The van der Waals surface area contributed by atoms with Crippen LogP contribution in [0.2, 0.25) is 0 Å². The maximum absolute atomic E-state index is 6.54. The van der Waals surface area contributed by atoms with Gasteiger partial charge in [-0.3, -0.25) is 0 Å². The van der Waals surface area contributed by atoms with Gasteiger partial charge in [0.15, 0.2) is 0 Å². The molecule has 1 unspecified atom stereocenters. The zero-order valence-electron chi connectivity index (χ0n) is 11.2. The van der Waals surface area contributed by atoms with Gasteiger partial charge >= 0.3 is 0 Å². The van der Waals surface area contributed by atoms with Crippen molar-refractivity contribution in [3.05, 3.63) is 35.4 Å². The number of aryl methyl sites for hydroxylation is 1. The molecule has 0 aromatic heterocycles. The summed E-state index contributed by atoms with van der Waals surface area (Å²) in [7, 11) is 0. The van der Waals surface area contributed by atoms with Gasteiger partial charge in [-0.15, -0.1) is 0 Å². The van der Waals surface area contributed by atoms with Gasteiger partial charge in [0, 0.05) is 6.04 Å². The van der Waals surface area contributed by atoms with Crippen LogP contribution in [0, 0.1) is 5.41 Å². The molecule has 94 valence electrons. The minimum absolute atomic E-state index is 0.223. The van der Waals surface area contributed by atoms with Crippen LogP contribution in [-0.4, -0.2) is 0 Å². The lowest BCUT2D eigenvalue weighted by Gasteiger charge is -2.34. The van der Waals surface area contributed by atoms with Crippen molar-refractivity contribution in [2.24, 2.45) is 11.1 Å². The van der Waals surface area contributed by atoms with E-state index in [4.69, 9.17) is 5.73 Å². The van der Waals surface area contributed by atoms with E-state index in [1.54, 1.807) is 0 Å². The molecule has 0 radical (unpaired) electrons. The fourth-order valence-electron chi connectivity index (χ4n) is 3.28. The molecule has 1 heteroatoms. The van der Waals surface area contributed by atoms with Gasteiger partial charge in [-0.2, -0.15) is 0 Å². The normalized spacial score (nSPS) is 20.4. The molecule has 1 saturated carbocycles. The summed E-state index contributed by atoms with van der Waals surface area (Å²) in [6, 6.07) is 9.15. The van der Waals surface area contributed by atoms with E-state index < -0.39 is 0 Å². The lowest BCUT2D eigenvalue weighted by Crippen LogP contribution is -2.31. The summed E-state index contributed by atoms with van der Waals surface area (Å²) in [4.78, 5) is 0. The Morgan fingerprint density at radius 2 is 1.71 bits per heavy atom. The van der Waals surface area contributed by atoms with Gasteiger partial charge in [-0.25, -0.2) is 0 Å². The molecule has 0 heterocycles. The first-order valence-electron chi connectivity index (χ1n) is 7.06. The standard InChI is InChI=1S/C16H25N/c1-3-13-7-9-14(10-8-13)15(17)16(4-2)11-5-6-12-16/h7-10,15H,3-6,11-12,17H2,1-2H3. The topological polar surface area (TPSA) is 26.0 Å². The lowest BCUT2D eigenvalue weighted by atomic mass is 9.74. The van der Waals surface area contributed by atoms with Gasteiger partial charge in [0.25, 0.3) is 0 Å². The second kappa shape index (κ2) is 5.22. The van der Waals surface area contributed by atoms with Crippen LogP contribution in [0.25, 0.3) is 0 Å². The third-order valence-electron chi connectivity index (χ3n) is 4.71. The molecule has 2 rings (SSSR count). The van der Waals surface area contributed by atoms with Crippen molar-refractivity contribution in [2.75, 3.05) is 0 Å². The number of benzene rings is 1. The average Bonchev–Trinajstić information content (AvgIpc) is 2.88. The maximum atomic E-state index is 6.54. The van der Waals surface area contributed by atoms with Gasteiger partial charge in [0.1, 0.15) is 0 Å². The van der Waals surface area contributed by atoms with E-state index in [1.165, 1.54) is 43.2 Å². The number of nitrogens with two attached hydrogens (primary N) is 1. The van der Waals surface area contributed by atoms with Crippen molar-refractivity contribution in [1.29, 1.82) is 0 Å². The molecule has 1 aliphatic carbocycles. The Bertz CT molecular complexity index is 346. The number of rotatable bonds is 4. The van der Waals surface area contributed by atoms with Gasteiger partial charge in [0.05, 0.1) is 0 Å². The first-order chi connectivity index (χ1) is 8.22. The van der Waals surface area contributed by atoms with Crippen molar-refractivity contribution in [1.82, 2.24) is 0 Å². The van der Waals surface area contributed by atoms with Crippen molar-refractivity contribution in [2.45, 2.75) is 58.4 Å². The predicted octanol–water partition coefficient (Wildman–Crippen LogP) is 4.22. The van der Waals surface area contributed by atoms with E-state index in [2.05, 4.69) is 38.1 Å². The number of hydrogen-bond acceptors (Lipinski definition) is 1. The summed E-state index contributed by atoms with van der Waals surface area (Å²) in [6.45, 7) is 4.49. The fourth-order valence-corrected chi connectivity index (χ4v) is 3.28. The molecule has 1 nitrogen and oxygen atoms in total. The highest BCUT2D eigenvalue weighted by Gasteiger charge is 2.38. The zero-order valence-corrected chi connectivity index (χ0v) is 11.2. The molecule has 0 bridgehead atoms. The second-order valence-corrected chi connectivity index (χ2v) is 5.50. The smallest absolute Gasteiger partial charge is 0.0351 e. The van der Waals surface area contributed by atoms with Crippen LogP contribution in [0.4, 0.5) is 0 Å². The molecule has 2 N–H and O–H groups in total. The maximum Gasteiger partial charge on any atom is 0.0351 e. The third kappa shape index (κ3) is 2.40. The summed E-state index contributed by atoms with van der Waals surface area (Å²) in [5.74, 6) is 0. The lowest BCUT2D eigenvalue weighted by molar-refractivity contribution is 0.222. The largest absolute Gasteiger partial charge is 0.323 e. The molecule has 17 heavy (non-hydrogen) atoms. The molecule has 1 atom stereocenters. The number of hydrogen-bond donors (Lipinski definition) is 1. The first kappa shape index (κ1) is 12.6. The quantitative estimate of drug-likeness (QED) is 0.825. The molecule has 0 spiro atoms. The summed E-state index contributed by atoms with van der Waals surface area (Å²) < 4.78 is 0. The Kier molecular flexibility index (Phi) is 3.88. The van der Waals surface area contributed by atoms with Crippen LogP contribution >= 0.6 is 0 Å². The Morgan fingerprint density at radius 1 is 1.12 bits per heavy atom. The minimum atomic E-state index is 0.223. The van der Waals surface area contributed by atoms with Crippen LogP contribution in [0.1, 0.15) is 63.1 Å². The van der Waals surface area contributed by atoms with E-state index in [1.807, 2.05) is 0 Å². The van der Waals surface area contributed by atoms with E-state index >= 15 is 0 Å². The fraction of sp³-hybridized carbons (Fsp3) is 0.625. The predicted molar refractivity (Wildman–Crippen MR) is 73.9 cm³/mol. The third-order valence-corrected chi connectivity index (χ3v) is 4.71. The van der Waals surface area contributed by atoms with Crippen molar-refractivity contribution < 1.29 is 0 Å². The molecule has 0 aliphatic heterocycles. The van der Waals surface area contributed by atoms with E-state index in [0.29, 0.717) is 5.41 Å². The van der Waals surface area contributed by atoms with Gasteiger partial charge in [-0.1, -0.05) is 51.0 Å². The molecule has 1 aromatic carbocycles. The van der Waals surface area contributed by atoms with Crippen LogP contribution in [-0.2, 0) is 6.42 Å². The highest BCUT2D eigenvalue weighted by atomic mass is 14.7. The van der Waals surface area contributed by atoms with E-state index in [-0.39, 0.29) is 6.04 Å². The van der Waals surface area contributed by atoms with E-state index in [9.17, 15) is 0 Å². The van der Waals surface area contributed by atoms with Crippen LogP contribution in [0.5, 0.6) is 0 Å². The SMILES string of the molecule is CCc1ccc(C(N)C2(CC)CCCC2)cc1. The van der Waals surface area contributed by atoms with E-state index in [0.717, 1.165) is 6.42 Å². The molecular formula is C16H25N. The first-order valence-corrected chi connectivity index (χ1v) is 7.06. The Balaban J connectivity index is 2.19. The molecule has 1 fully saturated rings. The monoisotopic (exact) mass is 231 g/mol. The molecule has 1 aliphatic rings. The van der Waals surface area contributed by atoms with Gasteiger partial charge in [0.2, 0.25) is 0 Å². The Labute approximate surface area is 105 Å². The molecular weight excluding hydrogens is 206 g/mol. The molecule has 0 saturated heterocycles. The highest BCUT2D eigenvalue weighted by molar-refractivity contribution is 5.26. The van der Waals surface area contributed by atoms with Crippen LogP contribution in [0.3, 0.4) is 0 Å². The van der Waals surface area contributed by atoms with Gasteiger partial charge < -0.3 is 5.73 Å². The van der Waals surface area contributed by atoms with Crippen LogP contribution in [0.15, 0.2) is 24.3 Å². The van der Waals surface area contributed by atoms with Gasteiger partial charge in [-0.05, 0) is 42.2 Å². The molecule has 0 amide bonds. The highest BCUT2D eigenvalue weighted by Crippen LogP contribution is 2.48. The second-order valence-electron chi connectivity index (χ2n) is 5.50. The van der Waals surface area contributed by atoms with Crippen molar-refractivity contribution in [3.63, 3.8) is 0 Å². The summed E-state index contributed by atoms with van der Waals surface area (Å²) in [5, 5.41) is 0. The van der Waals surface area contributed by atoms with Crippen molar-refractivity contribution in [3.8, 4) is 0 Å². The summed E-state index contributed by atoms with van der Waals surface area (Å²) in [6.07, 6.45) is 7.64. The average molecular weight is 231 g/mol. The molecule has 1 aromatic rings. The Morgan fingerprint density at radius 3 is 2.18 bits per heavy atom. The minimum Gasteiger partial charge on any atom is -0.323 e. The van der Waals surface area contributed by atoms with Crippen molar-refractivity contribution >= 4 is 0 Å². The zero-order chi connectivity index (χ0) is 12.3. The Hall–Kier alpha value is -0.820.